The average molecular weight is 182 g/mol. The summed E-state index contributed by atoms with van der Waals surface area (Å²) in [7, 11) is 0. The Bertz CT molecular complexity index is 300. The second-order valence-electron chi connectivity index (χ2n) is 3.46. The van der Waals surface area contributed by atoms with Crippen molar-refractivity contribution in [3.63, 3.8) is 0 Å². The zero-order valence-corrected chi connectivity index (χ0v) is 6.99. The highest BCUT2D eigenvalue weighted by Gasteiger charge is 2.48. The molecule has 0 aromatic rings. The third kappa shape index (κ3) is 1.03. The van der Waals surface area contributed by atoms with Crippen molar-refractivity contribution >= 4 is 17.6 Å². The van der Waals surface area contributed by atoms with Crippen LogP contribution in [0.3, 0.4) is 0 Å². The first-order valence-corrected chi connectivity index (χ1v) is 4.22. The molecule has 0 aromatic carbocycles. The molecule has 5 heteroatoms. The third-order valence-corrected chi connectivity index (χ3v) is 2.68. The van der Waals surface area contributed by atoms with Gasteiger partial charge < -0.3 is 15.4 Å². The largest absolute Gasteiger partial charge is 0.479 e. The first kappa shape index (κ1) is 8.22. The predicted octanol–water partition coefficient (Wildman–Crippen LogP) is -0.146. The van der Waals surface area contributed by atoms with Crippen LogP contribution >= 0.6 is 0 Å². The van der Waals surface area contributed by atoms with Crippen LogP contribution in [-0.4, -0.2) is 39.7 Å². The normalized spacial score (nSPS) is 32.5. The van der Waals surface area contributed by atoms with Crippen molar-refractivity contribution in [2.24, 2.45) is 0 Å². The Morgan fingerprint density at radius 2 is 2.31 bits per heavy atom. The van der Waals surface area contributed by atoms with Crippen LogP contribution in [-0.2, 0) is 9.59 Å². The van der Waals surface area contributed by atoms with Crippen LogP contribution in [0.15, 0.2) is 0 Å². The Morgan fingerprint density at radius 3 is 2.77 bits per heavy atom. The highest BCUT2D eigenvalue weighted by atomic mass is 16.4. The number of rotatable bonds is 1. The Hall–Kier alpha value is -1.39. The molecule has 1 amide bonds. The lowest BCUT2D eigenvalue weighted by molar-refractivity contribution is -0.159. The molecular formula is C8H10N2O3. The molecule has 0 aliphatic carbocycles. The van der Waals surface area contributed by atoms with Crippen LogP contribution in [0.2, 0.25) is 0 Å². The second kappa shape index (κ2) is 2.55. The van der Waals surface area contributed by atoms with E-state index in [1.54, 1.807) is 0 Å². The maximum Gasteiger partial charge on any atom is 0.332 e. The van der Waals surface area contributed by atoms with Gasteiger partial charge in [0.2, 0.25) is 5.91 Å². The molecule has 70 valence electrons. The summed E-state index contributed by atoms with van der Waals surface area (Å²) in [6, 6.07) is -0.914. The number of fused-ring (bicyclic) bond motifs is 1. The monoisotopic (exact) mass is 182 g/mol. The van der Waals surface area contributed by atoms with E-state index < -0.39 is 12.0 Å². The fourth-order valence-electron chi connectivity index (χ4n) is 1.99. The first-order valence-electron chi connectivity index (χ1n) is 4.22. The molecule has 13 heavy (non-hydrogen) atoms. The molecule has 5 nitrogen and oxygen atoms in total. The van der Waals surface area contributed by atoms with E-state index in [0.29, 0.717) is 12.8 Å². The van der Waals surface area contributed by atoms with Crippen molar-refractivity contribution < 1.29 is 14.7 Å². The summed E-state index contributed by atoms with van der Waals surface area (Å²) in [6.45, 7) is 0. The van der Waals surface area contributed by atoms with Gasteiger partial charge in [0.05, 0.1) is 0 Å². The van der Waals surface area contributed by atoms with Crippen molar-refractivity contribution in [3.05, 3.63) is 0 Å². The van der Waals surface area contributed by atoms with E-state index in [0.717, 1.165) is 6.42 Å². The van der Waals surface area contributed by atoms with Crippen molar-refractivity contribution in [2.75, 3.05) is 0 Å². The molecule has 2 aliphatic rings. The van der Waals surface area contributed by atoms with Gasteiger partial charge in [0.1, 0.15) is 0 Å². The number of piperidine rings is 1. The van der Waals surface area contributed by atoms with E-state index in [1.165, 1.54) is 4.90 Å². The van der Waals surface area contributed by atoms with Crippen LogP contribution in [0, 0.1) is 5.41 Å². The zero-order valence-electron chi connectivity index (χ0n) is 6.99. The van der Waals surface area contributed by atoms with Gasteiger partial charge in [0.15, 0.2) is 6.04 Å². The highest BCUT2D eigenvalue weighted by Crippen LogP contribution is 2.31. The highest BCUT2D eigenvalue weighted by molar-refractivity contribution is 6.08. The molecule has 0 radical (unpaired) electrons. The Labute approximate surface area is 74.8 Å². The lowest BCUT2D eigenvalue weighted by Crippen LogP contribution is -2.64. The Balaban J connectivity index is 2.24. The minimum absolute atomic E-state index is 0.0719. The quantitative estimate of drug-likeness (QED) is 0.553. The van der Waals surface area contributed by atoms with Gasteiger partial charge in [-0.05, 0) is 12.8 Å². The predicted molar refractivity (Wildman–Crippen MR) is 43.6 cm³/mol. The standard InChI is InChI=1S/C8H10N2O3/c9-5-2-1-4-3-6(11)10(4)7(5)8(12)13/h4,7,9H,1-3H2,(H,12,13). The van der Waals surface area contributed by atoms with E-state index >= 15 is 0 Å². The van der Waals surface area contributed by atoms with Gasteiger partial charge in [0.25, 0.3) is 0 Å². The molecule has 0 spiro atoms. The number of nitrogens with one attached hydrogen (secondary N) is 1. The molecule has 2 atom stereocenters. The molecule has 2 N–H and O–H groups in total. The van der Waals surface area contributed by atoms with Crippen LogP contribution in [0.1, 0.15) is 19.3 Å². The summed E-state index contributed by atoms with van der Waals surface area (Å²) in [5.74, 6) is -1.22. The summed E-state index contributed by atoms with van der Waals surface area (Å²) in [6.07, 6.45) is 1.71. The number of carbonyl (C=O) groups excluding carboxylic acids is 1. The minimum atomic E-state index is -1.08. The average Bonchev–Trinajstić information content (AvgIpc) is 2.05. The van der Waals surface area contributed by atoms with Crippen molar-refractivity contribution in [1.82, 2.24) is 4.90 Å². The van der Waals surface area contributed by atoms with Crippen LogP contribution < -0.4 is 0 Å². The molecule has 0 saturated carbocycles. The molecular weight excluding hydrogens is 172 g/mol. The molecule has 2 fully saturated rings. The second-order valence-corrected chi connectivity index (χ2v) is 3.46. The number of carbonyl (C=O) groups is 2. The van der Waals surface area contributed by atoms with Gasteiger partial charge in [-0.15, -0.1) is 0 Å². The van der Waals surface area contributed by atoms with Gasteiger partial charge in [-0.3, -0.25) is 4.79 Å². The first-order chi connectivity index (χ1) is 6.11. The van der Waals surface area contributed by atoms with E-state index in [2.05, 4.69) is 0 Å². The number of aliphatic carboxylic acids is 1. The van der Waals surface area contributed by atoms with Gasteiger partial charge in [-0.2, -0.15) is 0 Å². The SMILES string of the molecule is N=C1CCC2CC(=O)N2C1C(=O)O. The summed E-state index contributed by atoms with van der Waals surface area (Å²) in [5, 5.41) is 16.3. The number of carboxylic acid groups (broad SMARTS) is 1. The molecule has 0 bridgehead atoms. The summed E-state index contributed by atoms with van der Waals surface area (Å²) in [5.41, 5.74) is 0.150. The molecule has 0 aromatic heterocycles. The maximum absolute atomic E-state index is 11.1. The number of hydrogen-bond donors (Lipinski definition) is 2. The fourth-order valence-corrected chi connectivity index (χ4v) is 1.99. The summed E-state index contributed by atoms with van der Waals surface area (Å²) in [4.78, 5) is 23.2. The number of nitrogens with zero attached hydrogens (tertiary/aromatic N) is 1. The smallest absolute Gasteiger partial charge is 0.332 e. The number of β-lactam (4-membered cyclic amide) rings is 1. The molecule has 2 heterocycles. The molecule has 2 saturated heterocycles. The lowest BCUT2D eigenvalue weighted by atomic mass is 9.85. The Morgan fingerprint density at radius 1 is 1.62 bits per heavy atom. The van der Waals surface area contributed by atoms with E-state index in [-0.39, 0.29) is 17.7 Å². The third-order valence-electron chi connectivity index (χ3n) is 2.68. The maximum atomic E-state index is 11.1. The van der Waals surface area contributed by atoms with Crippen molar-refractivity contribution in [2.45, 2.75) is 31.3 Å². The van der Waals surface area contributed by atoms with Gasteiger partial charge in [-0.25, -0.2) is 4.79 Å². The van der Waals surface area contributed by atoms with Gasteiger partial charge in [0, 0.05) is 18.2 Å². The molecule has 2 rings (SSSR count). The van der Waals surface area contributed by atoms with Gasteiger partial charge in [-0.1, -0.05) is 0 Å². The van der Waals surface area contributed by atoms with E-state index in [9.17, 15) is 9.59 Å². The Kier molecular flexibility index (Phi) is 1.61. The van der Waals surface area contributed by atoms with E-state index in [4.69, 9.17) is 10.5 Å². The molecule has 2 aliphatic heterocycles. The van der Waals surface area contributed by atoms with Crippen molar-refractivity contribution in [1.29, 1.82) is 5.41 Å². The van der Waals surface area contributed by atoms with Crippen molar-refractivity contribution in [3.8, 4) is 0 Å². The molecule has 2 unspecified atom stereocenters. The lowest BCUT2D eigenvalue weighted by Gasteiger charge is -2.47. The summed E-state index contributed by atoms with van der Waals surface area (Å²) < 4.78 is 0. The minimum Gasteiger partial charge on any atom is -0.479 e. The van der Waals surface area contributed by atoms with Crippen LogP contribution in [0.4, 0.5) is 0 Å². The van der Waals surface area contributed by atoms with Gasteiger partial charge >= 0.3 is 5.97 Å². The fraction of sp³-hybridized carbons (Fsp3) is 0.625. The van der Waals surface area contributed by atoms with Crippen LogP contribution in [0.5, 0.6) is 0 Å². The zero-order chi connectivity index (χ0) is 9.59. The topological polar surface area (TPSA) is 81.5 Å². The van der Waals surface area contributed by atoms with E-state index in [1.807, 2.05) is 0 Å². The number of amides is 1. The number of carboxylic acids is 1. The summed E-state index contributed by atoms with van der Waals surface area (Å²) >= 11 is 0. The van der Waals surface area contributed by atoms with Crippen LogP contribution in [0.25, 0.3) is 0 Å². The number of hydrogen-bond acceptors (Lipinski definition) is 3.